The zero-order chi connectivity index (χ0) is 17.1. The number of anilines is 1. The molecule has 1 aliphatic rings. The van der Waals surface area contributed by atoms with Gasteiger partial charge in [0.1, 0.15) is 12.3 Å². The maximum atomic E-state index is 12.3. The van der Waals surface area contributed by atoms with E-state index in [0.29, 0.717) is 11.4 Å². The second kappa shape index (κ2) is 6.58. The van der Waals surface area contributed by atoms with Gasteiger partial charge in [0, 0.05) is 5.56 Å². The Balaban J connectivity index is 2.07. The molecule has 24 heavy (non-hydrogen) atoms. The SMILES string of the molecule is COC(=O)CN1C(=O)O/C(=C\c2ccccc2)c2cc(C)ccc21. The van der Waals surface area contributed by atoms with E-state index in [1.807, 2.05) is 61.5 Å². The van der Waals surface area contributed by atoms with Crippen LogP contribution < -0.4 is 4.90 Å². The maximum absolute atomic E-state index is 12.3. The number of fused-ring (bicyclic) bond motifs is 1. The first-order valence-corrected chi connectivity index (χ1v) is 7.52. The van der Waals surface area contributed by atoms with E-state index < -0.39 is 12.1 Å². The minimum atomic E-state index is -0.598. The molecule has 0 unspecified atom stereocenters. The van der Waals surface area contributed by atoms with Crippen molar-refractivity contribution in [3.8, 4) is 0 Å². The van der Waals surface area contributed by atoms with E-state index in [1.165, 1.54) is 12.0 Å². The van der Waals surface area contributed by atoms with Crippen LogP contribution in [-0.2, 0) is 14.3 Å². The molecule has 0 aliphatic carbocycles. The third-order valence-electron chi connectivity index (χ3n) is 3.74. The van der Waals surface area contributed by atoms with Crippen LogP contribution in [0.1, 0.15) is 16.7 Å². The van der Waals surface area contributed by atoms with Gasteiger partial charge in [-0.05, 0) is 30.7 Å². The lowest BCUT2D eigenvalue weighted by Crippen LogP contribution is -2.39. The summed E-state index contributed by atoms with van der Waals surface area (Å²) in [6, 6.07) is 15.2. The number of carbonyl (C=O) groups is 2. The predicted octanol–water partition coefficient (Wildman–Crippen LogP) is 3.62. The number of amides is 1. The molecule has 2 aromatic rings. The molecule has 5 heteroatoms. The van der Waals surface area contributed by atoms with Crippen LogP contribution in [0.4, 0.5) is 10.5 Å². The van der Waals surface area contributed by atoms with Gasteiger partial charge in [-0.15, -0.1) is 0 Å². The molecule has 0 fully saturated rings. The molecule has 5 nitrogen and oxygen atoms in total. The maximum Gasteiger partial charge on any atom is 0.420 e. The Kier molecular flexibility index (Phi) is 4.33. The lowest BCUT2D eigenvalue weighted by molar-refractivity contribution is -0.138. The van der Waals surface area contributed by atoms with Crippen LogP contribution in [0.3, 0.4) is 0 Å². The number of hydrogen-bond donors (Lipinski definition) is 0. The molecule has 1 heterocycles. The minimum Gasteiger partial charge on any atom is -0.468 e. The Morgan fingerprint density at radius 3 is 2.67 bits per heavy atom. The van der Waals surface area contributed by atoms with E-state index >= 15 is 0 Å². The monoisotopic (exact) mass is 323 g/mol. The largest absolute Gasteiger partial charge is 0.468 e. The topological polar surface area (TPSA) is 55.8 Å². The third kappa shape index (κ3) is 3.15. The summed E-state index contributed by atoms with van der Waals surface area (Å²) in [6.45, 7) is 1.77. The van der Waals surface area contributed by atoms with Crippen LogP contribution in [0.2, 0.25) is 0 Å². The van der Waals surface area contributed by atoms with Crippen molar-refractivity contribution in [1.82, 2.24) is 0 Å². The highest BCUT2D eigenvalue weighted by molar-refractivity contribution is 6.04. The van der Waals surface area contributed by atoms with E-state index in [1.54, 1.807) is 0 Å². The molecule has 2 aromatic carbocycles. The molecule has 0 aromatic heterocycles. The normalized spacial score (nSPS) is 15.0. The van der Waals surface area contributed by atoms with Gasteiger partial charge in [0.05, 0.1) is 12.8 Å². The quantitative estimate of drug-likeness (QED) is 0.810. The van der Waals surface area contributed by atoms with Crippen molar-refractivity contribution in [2.24, 2.45) is 0 Å². The first-order chi connectivity index (χ1) is 11.6. The van der Waals surface area contributed by atoms with Crippen LogP contribution in [0, 0.1) is 6.92 Å². The number of nitrogens with zero attached hydrogens (tertiary/aromatic N) is 1. The molecule has 0 saturated heterocycles. The summed E-state index contributed by atoms with van der Waals surface area (Å²) in [6.07, 6.45) is 1.21. The Hall–Kier alpha value is -3.08. The van der Waals surface area contributed by atoms with Crippen LogP contribution in [-0.4, -0.2) is 25.7 Å². The number of esters is 1. The number of ether oxygens (including phenoxy) is 2. The van der Waals surface area contributed by atoms with E-state index in [-0.39, 0.29) is 6.54 Å². The molecule has 0 N–H and O–H groups in total. The van der Waals surface area contributed by atoms with Gasteiger partial charge >= 0.3 is 12.1 Å². The number of hydrogen-bond acceptors (Lipinski definition) is 4. The van der Waals surface area contributed by atoms with Gasteiger partial charge in [0.2, 0.25) is 0 Å². The van der Waals surface area contributed by atoms with Gasteiger partial charge in [-0.2, -0.15) is 0 Å². The van der Waals surface area contributed by atoms with Crippen molar-refractivity contribution in [2.75, 3.05) is 18.6 Å². The highest BCUT2D eigenvalue weighted by Crippen LogP contribution is 2.35. The number of methoxy groups -OCH3 is 1. The fourth-order valence-electron chi connectivity index (χ4n) is 2.54. The first kappa shape index (κ1) is 15.8. The van der Waals surface area contributed by atoms with E-state index in [2.05, 4.69) is 4.74 Å². The highest BCUT2D eigenvalue weighted by Gasteiger charge is 2.31. The smallest absolute Gasteiger partial charge is 0.420 e. The summed E-state index contributed by atoms with van der Waals surface area (Å²) in [7, 11) is 1.29. The molecule has 0 bridgehead atoms. The van der Waals surface area contributed by atoms with Crippen molar-refractivity contribution < 1.29 is 19.1 Å². The first-order valence-electron chi connectivity index (χ1n) is 7.52. The molecule has 1 aliphatic heterocycles. The Labute approximate surface area is 140 Å². The van der Waals surface area contributed by atoms with Gasteiger partial charge < -0.3 is 9.47 Å². The predicted molar refractivity (Wildman–Crippen MR) is 91.3 cm³/mol. The van der Waals surface area contributed by atoms with Gasteiger partial charge in [0.25, 0.3) is 0 Å². The van der Waals surface area contributed by atoms with Crippen molar-refractivity contribution >= 4 is 29.6 Å². The summed E-state index contributed by atoms with van der Waals surface area (Å²) in [5.41, 5.74) is 3.35. The highest BCUT2D eigenvalue weighted by atomic mass is 16.6. The van der Waals surface area contributed by atoms with E-state index in [0.717, 1.165) is 16.7 Å². The minimum absolute atomic E-state index is 0.190. The van der Waals surface area contributed by atoms with Gasteiger partial charge in [-0.3, -0.25) is 9.69 Å². The molecular formula is C19H17NO4. The van der Waals surface area contributed by atoms with Crippen LogP contribution in [0.5, 0.6) is 0 Å². The van der Waals surface area contributed by atoms with Crippen molar-refractivity contribution in [2.45, 2.75) is 6.92 Å². The second-order valence-electron chi connectivity index (χ2n) is 5.47. The summed E-state index contributed by atoms with van der Waals surface area (Å²) in [5, 5.41) is 0. The zero-order valence-electron chi connectivity index (χ0n) is 13.5. The Morgan fingerprint density at radius 2 is 1.96 bits per heavy atom. The van der Waals surface area contributed by atoms with Gasteiger partial charge in [-0.25, -0.2) is 4.79 Å². The van der Waals surface area contributed by atoms with E-state index in [4.69, 9.17) is 4.74 Å². The van der Waals surface area contributed by atoms with Gasteiger partial charge in [-0.1, -0.05) is 42.0 Å². The van der Waals surface area contributed by atoms with Crippen molar-refractivity contribution in [1.29, 1.82) is 0 Å². The van der Waals surface area contributed by atoms with Crippen LogP contribution >= 0.6 is 0 Å². The summed E-state index contributed by atoms with van der Waals surface area (Å²) >= 11 is 0. The van der Waals surface area contributed by atoms with Crippen LogP contribution in [0.25, 0.3) is 11.8 Å². The fraction of sp³-hybridized carbons (Fsp3) is 0.158. The summed E-state index contributed by atoms with van der Waals surface area (Å²) in [4.78, 5) is 25.2. The molecule has 0 atom stereocenters. The Morgan fingerprint density at radius 1 is 1.21 bits per heavy atom. The number of benzene rings is 2. The van der Waals surface area contributed by atoms with Crippen LogP contribution in [0.15, 0.2) is 48.5 Å². The lowest BCUT2D eigenvalue weighted by Gasteiger charge is -2.29. The third-order valence-corrected chi connectivity index (χ3v) is 3.74. The molecule has 0 saturated carbocycles. The summed E-state index contributed by atoms with van der Waals surface area (Å²) in [5.74, 6) is -0.0417. The van der Waals surface area contributed by atoms with Gasteiger partial charge in [0.15, 0.2) is 0 Å². The number of cyclic esters (lactones) is 1. The van der Waals surface area contributed by atoms with E-state index in [9.17, 15) is 9.59 Å². The standard InChI is InChI=1S/C19H17NO4/c1-13-8-9-16-15(10-13)17(11-14-6-4-3-5-7-14)24-19(22)20(16)12-18(21)23-2/h3-11H,12H2,1-2H3/b17-11-. The molecule has 0 spiro atoms. The average Bonchev–Trinajstić information content (AvgIpc) is 2.59. The van der Waals surface area contributed by atoms with Crippen molar-refractivity contribution in [3.63, 3.8) is 0 Å². The van der Waals surface area contributed by atoms with Crippen molar-refractivity contribution in [3.05, 3.63) is 65.2 Å². The molecule has 1 amide bonds. The molecule has 0 radical (unpaired) electrons. The number of aryl methyl sites for hydroxylation is 1. The molecular weight excluding hydrogens is 306 g/mol. The summed E-state index contributed by atoms with van der Waals surface area (Å²) < 4.78 is 10.1. The molecule has 122 valence electrons. The molecule has 3 rings (SSSR count). The lowest BCUT2D eigenvalue weighted by atomic mass is 10.0. The average molecular weight is 323 g/mol. The second-order valence-corrected chi connectivity index (χ2v) is 5.47. The zero-order valence-corrected chi connectivity index (χ0v) is 13.5. The Bertz CT molecular complexity index is 811. The number of rotatable bonds is 3. The number of carbonyl (C=O) groups excluding carboxylic acids is 2. The fourth-order valence-corrected chi connectivity index (χ4v) is 2.54.